The number of benzene rings is 1. The standard InChI is InChI=1S/C25H27N3O5S/c1-16-12-18(17(2)28(16)19-6-7-20-21(14-19)33-11-10-32-20)13-22-24(30)27(25(31)34-22)15-23(29)26-8-4-3-5-9-26/h6-7,12-14H,3-5,8-11,15H2,1-2H3/b22-13-. The fourth-order valence-corrected chi connectivity index (χ4v) is 5.49. The fourth-order valence-electron chi connectivity index (χ4n) is 4.66. The Balaban J connectivity index is 1.37. The zero-order valence-corrected chi connectivity index (χ0v) is 20.2. The Morgan fingerprint density at radius 2 is 1.76 bits per heavy atom. The van der Waals surface area contributed by atoms with Crippen LogP contribution in [0.2, 0.25) is 0 Å². The molecule has 34 heavy (non-hydrogen) atoms. The summed E-state index contributed by atoms with van der Waals surface area (Å²) in [6.07, 6.45) is 4.78. The van der Waals surface area contributed by atoms with Crippen molar-refractivity contribution in [3.63, 3.8) is 0 Å². The highest BCUT2D eigenvalue weighted by atomic mass is 32.2. The Bertz CT molecular complexity index is 1200. The zero-order chi connectivity index (χ0) is 23.8. The maximum absolute atomic E-state index is 13.0. The number of nitrogens with zero attached hydrogens (tertiary/aromatic N) is 3. The number of amides is 3. The van der Waals surface area contributed by atoms with Crippen molar-refractivity contribution >= 4 is 34.9 Å². The van der Waals surface area contributed by atoms with Crippen molar-refractivity contribution in [2.45, 2.75) is 33.1 Å². The number of aromatic nitrogens is 1. The lowest BCUT2D eigenvalue weighted by Gasteiger charge is -2.27. The minimum atomic E-state index is -0.413. The molecule has 3 aliphatic heterocycles. The van der Waals surface area contributed by atoms with Gasteiger partial charge in [-0.1, -0.05) is 0 Å². The van der Waals surface area contributed by atoms with Gasteiger partial charge >= 0.3 is 0 Å². The van der Waals surface area contributed by atoms with Crippen molar-refractivity contribution < 1.29 is 23.9 Å². The first kappa shape index (κ1) is 22.6. The van der Waals surface area contributed by atoms with E-state index in [2.05, 4.69) is 4.57 Å². The molecule has 3 aliphatic rings. The van der Waals surface area contributed by atoms with Gasteiger partial charge in [-0.3, -0.25) is 19.3 Å². The number of rotatable bonds is 4. The smallest absolute Gasteiger partial charge is 0.294 e. The second-order valence-corrected chi connectivity index (χ2v) is 9.69. The molecule has 0 N–H and O–H groups in total. The molecule has 0 radical (unpaired) electrons. The summed E-state index contributed by atoms with van der Waals surface area (Å²) in [5, 5.41) is -0.401. The van der Waals surface area contributed by atoms with Crippen LogP contribution in [0, 0.1) is 13.8 Å². The number of hydrogen-bond acceptors (Lipinski definition) is 6. The lowest BCUT2D eigenvalue weighted by atomic mass is 10.1. The van der Waals surface area contributed by atoms with Crippen molar-refractivity contribution in [1.82, 2.24) is 14.4 Å². The molecule has 4 heterocycles. The Kier molecular flexibility index (Phi) is 6.12. The second kappa shape index (κ2) is 9.21. The Morgan fingerprint density at radius 1 is 1.03 bits per heavy atom. The summed E-state index contributed by atoms with van der Waals surface area (Å²) in [7, 11) is 0. The van der Waals surface area contributed by atoms with Gasteiger partial charge in [0.05, 0.1) is 4.91 Å². The third-order valence-corrected chi connectivity index (χ3v) is 7.32. The molecule has 178 valence electrons. The molecule has 5 rings (SSSR count). The van der Waals surface area contributed by atoms with Crippen molar-refractivity contribution in [2.75, 3.05) is 32.8 Å². The predicted molar refractivity (Wildman–Crippen MR) is 129 cm³/mol. The average molecular weight is 482 g/mol. The van der Waals surface area contributed by atoms with Gasteiger partial charge in [0.25, 0.3) is 11.1 Å². The van der Waals surface area contributed by atoms with Crippen LogP contribution in [-0.2, 0) is 9.59 Å². The van der Waals surface area contributed by atoms with Gasteiger partial charge in [0.15, 0.2) is 11.5 Å². The highest BCUT2D eigenvalue weighted by Crippen LogP contribution is 2.36. The summed E-state index contributed by atoms with van der Waals surface area (Å²) >= 11 is 0.886. The van der Waals surface area contributed by atoms with E-state index in [9.17, 15) is 14.4 Å². The van der Waals surface area contributed by atoms with Gasteiger partial charge in [-0.25, -0.2) is 0 Å². The number of hydrogen-bond donors (Lipinski definition) is 0. The van der Waals surface area contributed by atoms with Crippen LogP contribution >= 0.6 is 11.8 Å². The lowest BCUT2D eigenvalue weighted by Crippen LogP contribution is -2.44. The highest BCUT2D eigenvalue weighted by Gasteiger charge is 2.37. The van der Waals surface area contributed by atoms with Crippen LogP contribution in [0.1, 0.15) is 36.2 Å². The van der Waals surface area contributed by atoms with E-state index in [-0.39, 0.29) is 12.5 Å². The first-order valence-corrected chi connectivity index (χ1v) is 12.4. The van der Waals surface area contributed by atoms with Crippen LogP contribution in [0.25, 0.3) is 11.8 Å². The maximum atomic E-state index is 13.0. The van der Waals surface area contributed by atoms with Crippen LogP contribution in [0.4, 0.5) is 4.79 Å². The van der Waals surface area contributed by atoms with E-state index in [0.717, 1.165) is 64.3 Å². The molecular formula is C25H27N3O5S. The molecule has 1 aromatic heterocycles. The molecule has 0 saturated carbocycles. The first-order chi connectivity index (χ1) is 16.4. The van der Waals surface area contributed by atoms with E-state index in [1.165, 1.54) is 0 Å². The van der Waals surface area contributed by atoms with Crippen LogP contribution in [-0.4, -0.2) is 64.3 Å². The van der Waals surface area contributed by atoms with Gasteiger partial charge in [-0.15, -0.1) is 0 Å². The SMILES string of the molecule is Cc1cc(/C=C2\SC(=O)N(CC(=O)N3CCCCC3)C2=O)c(C)n1-c1ccc2c(c1)OCCO2. The van der Waals surface area contributed by atoms with Crippen molar-refractivity contribution in [3.8, 4) is 17.2 Å². The van der Waals surface area contributed by atoms with Crippen LogP contribution in [0.15, 0.2) is 29.2 Å². The highest BCUT2D eigenvalue weighted by molar-refractivity contribution is 8.18. The molecule has 0 bridgehead atoms. The molecule has 0 aliphatic carbocycles. The number of aryl methyl sites for hydroxylation is 1. The third kappa shape index (κ3) is 4.20. The summed E-state index contributed by atoms with van der Waals surface area (Å²) in [6.45, 7) is 6.20. The summed E-state index contributed by atoms with van der Waals surface area (Å²) < 4.78 is 13.4. The first-order valence-electron chi connectivity index (χ1n) is 11.5. The van der Waals surface area contributed by atoms with E-state index in [1.54, 1.807) is 11.0 Å². The molecule has 9 heteroatoms. The van der Waals surface area contributed by atoms with Crippen LogP contribution < -0.4 is 9.47 Å². The molecule has 2 fully saturated rings. The van der Waals surface area contributed by atoms with E-state index >= 15 is 0 Å². The Labute approximate surface area is 202 Å². The number of imide groups is 1. The number of thioether (sulfide) groups is 1. The van der Waals surface area contributed by atoms with Gasteiger partial charge in [-0.05, 0) is 74.7 Å². The molecule has 2 aromatic rings. The zero-order valence-electron chi connectivity index (χ0n) is 19.3. The summed E-state index contributed by atoms with van der Waals surface area (Å²) in [6, 6.07) is 7.79. The fraction of sp³-hybridized carbons (Fsp3) is 0.400. The molecule has 1 aromatic carbocycles. The normalized spacial score (nSPS) is 19.3. The summed E-state index contributed by atoms with van der Waals surface area (Å²) in [5.41, 5.74) is 3.70. The summed E-state index contributed by atoms with van der Waals surface area (Å²) in [4.78, 5) is 41.3. The molecule has 3 amide bonds. The van der Waals surface area contributed by atoms with Crippen LogP contribution in [0.3, 0.4) is 0 Å². The van der Waals surface area contributed by atoms with Crippen molar-refractivity contribution in [3.05, 3.63) is 46.1 Å². The molecule has 8 nitrogen and oxygen atoms in total. The van der Waals surface area contributed by atoms with E-state index in [1.807, 2.05) is 38.1 Å². The van der Waals surface area contributed by atoms with Crippen molar-refractivity contribution in [2.24, 2.45) is 0 Å². The molecule has 0 atom stereocenters. The molecule has 0 unspecified atom stereocenters. The second-order valence-electron chi connectivity index (χ2n) is 8.70. The number of piperidine rings is 1. The number of carbonyl (C=O) groups excluding carboxylic acids is 3. The number of fused-ring (bicyclic) bond motifs is 1. The van der Waals surface area contributed by atoms with Gasteiger partial charge in [0.2, 0.25) is 5.91 Å². The van der Waals surface area contributed by atoms with E-state index < -0.39 is 11.1 Å². The maximum Gasteiger partial charge on any atom is 0.294 e. The van der Waals surface area contributed by atoms with Crippen LogP contribution in [0.5, 0.6) is 11.5 Å². The number of carbonyl (C=O) groups is 3. The lowest BCUT2D eigenvalue weighted by molar-refractivity contribution is -0.136. The third-order valence-electron chi connectivity index (χ3n) is 6.42. The van der Waals surface area contributed by atoms with Gasteiger partial charge in [-0.2, -0.15) is 0 Å². The van der Waals surface area contributed by atoms with Gasteiger partial charge < -0.3 is 18.9 Å². The summed E-state index contributed by atoms with van der Waals surface area (Å²) in [5.74, 6) is 0.854. The average Bonchev–Trinajstić information content (AvgIpc) is 3.28. The minimum absolute atomic E-state index is 0.167. The minimum Gasteiger partial charge on any atom is -0.486 e. The molecule has 2 saturated heterocycles. The Hall–Kier alpha value is -3.20. The molecule has 0 spiro atoms. The number of likely N-dealkylation sites (tertiary alicyclic amines) is 1. The molecular weight excluding hydrogens is 454 g/mol. The quantitative estimate of drug-likeness (QED) is 0.616. The van der Waals surface area contributed by atoms with Gasteiger partial charge in [0, 0.05) is 36.2 Å². The van der Waals surface area contributed by atoms with E-state index in [0.29, 0.717) is 37.0 Å². The Morgan fingerprint density at radius 3 is 2.53 bits per heavy atom. The van der Waals surface area contributed by atoms with E-state index in [4.69, 9.17) is 9.47 Å². The van der Waals surface area contributed by atoms with Crippen molar-refractivity contribution in [1.29, 1.82) is 0 Å². The van der Waals surface area contributed by atoms with Gasteiger partial charge in [0.1, 0.15) is 19.8 Å². The number of ether oxygens (including phenoxy) is 2. The monoisotopic (exact) mass is 481 g/mol. The largest absolute Gasteiger partial charge is 0.486 e. The predicted octanol–water partition coefficient (Wildman–Crippen LogP) is 3.91. The topological polar surface area (TPSA) is 81.1 Å².